The summed E-state index contributed by atoms with van der Waals surface area (Å²) in [5.74, 6) is -3.91. The largest absolute Gasteiger partial charge is 3.00 e. The van der Waals surface area contributed by atoms with Gasteiger partial charge < -0.3 is 5.11 Å². The molecule has 0 fully saturated rings. The fourth-order valence-corrected chi connectivity index (χ4v) is 4.17. The number of nitrogens with zero attached hydrogens (tertiary/aromatic N) is 7. The first-order chi connectivity index (χ1) is 21.9. The number of hydrogen-bond donors (Lipinski definition) is 0. The Kier molecular flexibility index (Phi) is 9.75. The normalized spacial score (nSPS) is 10.5. The van der Waals surface area contributed by atoms with Gasteiger partial charge in [-0.2, -0.15) is 54.3 Å². The van der Waals surface area contributed by atoms with Gasteiger partial charge in [-0.15, -0.1) is 12.1 Å². The Morgan fingerprint density at radius 3 is 1.41 bits per heavy atom. The molecule has 0 unspecified atom stereocenters. The average Bonchev–Trinajstić information content (AvgIpc) is 3.69. The molecule has 0 saturated heterocycles. The molecule has 0 aliphatic rings. The maximum Gasteiger partial charge on any atom is 3.00 e. The molecule has 0 spiro atoms. The van der Waals surface area contributed by atoms with Crippen LogP contribution < -0.4 is 5.11 Å². The molecule has 0 aliphatic carbocycles. The van der Waals surface area contributed by atoms with Gasteiger partial charge in [-0.05, 0) is 35.7 Å². The van der Waals surface area contributed by atoms with Gasteiger partial charge in [0.25, 0.3) is 0 Å². The molecule has 228 valence electrons. The number of para-hydroxylation sites is 1. The number of aromatic nitrogens is 7. The zero-order valence-corrected chi connectivity index (χ0v) is 25.7. The van der Waals surface area contributed by atoms with Crippen LogP contribution in [0.25, 0.3) is 44.3 Å². The molecule has 0 amide bonds. The van der Waals surface area contributed by atoms with E-state index in [4.69, 9.17) is 0 Å². The Labute approximate surface area is 271 Å². The first-order valence-corrected chi connectivity index (χ1v) is 13.3. The predicted octanol–water partition coefficient (Wildman–Crippen LogP) is 6.30. The molecule has 5 aromatic carbocycles. The summed E-state index contributed by atoms with van der Waals surface area (Å²) >= 11 is 0. The van der Waals surface area contributed by atoms with E-state index >= 15 is 0 Å². The fourth-order valence-electron chi connectivity index (χ4n) is 4.17. The molecule has 3 heterocycles. The second-order valence-electron chi connectivity index (χ2n) is 9.26. The van der Waals surface area contributed by atoms with Crippen molar-refractivity contribution < 1.29 is 42.8 Å². The Morgan fingerprint density at radius 2 is 0.978 bits per heavy atom. The quantitative estimate of drug-likeness (QED) is 0.151. The van der Waals surface area contributed by atoms with Gasteiger partial charge in [0.05, 0.1) is 28.8 Å². The summed E-state index contributed by atoms with van der Waals surface area (Å²) < 4.78 is 53.1. The summed E-state index contributed by atoms with van der Waals surface area (Å²) in [7, 11) is 0. The predicted molar refractivity (Wildman–Crippen MR) is 156 cm³/mol. The Bertz CT molecular complexity index is 2080. The van der Waals surface area contributed by atoms with Gasteiger partial charge in [0, 0.05) is 17.6 Å². The topological polar surface area (TPSA) is 97.4 Å². The second kappa shape index (κ2) is 14.1. The van der Waals surface area contributed by atoms with E-state index in [1.807, 2.05) is 18.2 Å². The third kappa shape index (κ3) is 6.75. The van der Waals surface area contributed by atoms with E-state index < -0.39 is 23.3 Å². The van der Waals surface area contributed by atoms with Crippen LogP contribution in [0, 0.1) is 35.4 Å². The van der Waals surface area contributed by atoms with Gasteiger partial charge in [0.1, 0.15) is 22.1 Å². The number of halogens is 4. The summed E-state index contributed by atoms with van der Waals surface area (Å²) in [6.45, 7) is 0. The van der Waals surface area contributed by atoms with Gasteiger partial charge in [0.2, 0.25) is 0 Å². The number of fused-ring (bicyclic) bond motifs is 3. The van der Waals surface area contributed by atoms with Crippen LogP contribution in [0.2, 0.25) is 0 Å². The van der Waals surface area contributed by atoms with Crippen LogP contribution in [-0.2, 0) is 20.1 Å². The van der Waals surface area contributed by atoms with Gasteiger partial charge in [-0.1, -0.05) is 54.3 Å². The monoisotopic (exact) mass is 797 g/mol. The molecule has 0 N–H and O–H groups in total. The van der Waals surface area contributed by atoms with E-state index in [1.165, 1.54) is 18.2 Å². The van der Waals surface area contributed by atoms with E-state index in [-0.39, 0.29) is 37.2 Å². The molecule has 0 bridgehead atoms. The minimum atomic E-state index is -1.01. The van der Waals surface area contributed by atoms with Crippen molar-refractivity contribution in [3.8, 4) is 17.1 Å². The van der Waals surface area contributed by atoms with Crippen molar-refractivity contribution in [3.05, 3.63) is 145 Å². The first kappa shape index (κ1) is 31.9. The van der Waals surface area contributed by atoms with Crippen LogP contribution in [0.3, 0.4) is 0 Å². The molecular formula is C33H18F4IrN7O. The van der Waals surface area contributed by atoms with E-state index in [2.05, 4.69) is 37.5 Å². The molecule has 0 saturated carbocycles. The van der Waals surface area contributed by atoms with Gasteiger partial charge in [-0.3, -0.25) is 13.8 Å². The van der Waals surface area contributed by atoms with E-state index in [9.17, 15) is 22.7 Å². The maximum atomic E-state index is 13.5. The average molecular weight is 797 g/mol. The SMILES string of the molecule is Fc1cc[c-]c(-n2nc3ccccc3n2)c1F.Fc1cc[c-]c(-n2nc3ccccc3n2)c1F.[Ir+3].[O-]c1cccc2cccnc12. The van der Waals surface area contributed by atoms with Crippen LogP contribution in [0.4, 0.5) is 17.6 Å². The van der Waals surface area contributed by atoms with Crippen molar-refractivity contribution in [2.45, 2.75) is 0 Å². The standard InChI is InChI=1S/2C12H6F2N3.C9H7NO.Ir/c2*13-8-4-3-7-11(12(8)14)17-15-9-5-1-2-6-10(9)16-17;11-8-5-1-3-7-4-2-6-10-9(7)8;/h2*1-6H;1-6,11H;/q2*-1;;+3/p-1. The van der Waals surface area contributed by atoms with E-state index in [0.29, 0.717) is 27.6 Å². The molecule has 8 nitrogen and oxygen atoms in total. The molecule has 0 radical (unpaired) electrons. The Balaban J connectivity index is 0.000000138. The van der Waals surface area contributed by atoms with Crippen molar-refractivity contribution in [2.75, 3.05) is 0 Å². The Hall–Kier alpha value is -5.52. The van der Waals surface area contributed by atoms with Gasteiger partial charge in [-0.25, -0.2) is 8.78 Å². The van der Waals surface area contributed by atoms with Crippen LogP contribution in [0.15, 0.2) is 109 Å². The molecule has 8 rings (SSSR count). The van der Waals surface area contributed by atoms with Crippen LogP contribution in [0.1, 0.15) is 0 Å². The minimum Gasteiger partial charge on any atom is -0.871 e. The second-order valence-corrected chi connectivity index (χ2v) is 9.26. The zero-order valence-electron chi connectivity index (χ0n) is 23.3. The van der Waals surface area contributed by atoms with E-state index in [0.717, 1.165) is 27.1 Å². The summed E-state index contributed by atoms with van der Waals surface area (Å²) in [6.07, 6.45) is 1.63. The molecule has 3 aromatic heterocycles. The summed E-state index contributed by atoms with van der Waals surface area (Å²) in [5.41, 5.74) is 2.76. The van der Waals surface area contributed by atoms with E-state index in [1.54, 1.807) is 60.8 Å². The first-order valence-electron chi connectivity index (χ1n) is 13.3. The van der Waals surface area contributed by atoms with Crippen molar-refractivity contribution >= 4 is 33.0 Å². The third-order valence-corrected chi connectivity index (χ3v) is 6.30. The molecular weight excluding hydrogens is 779 g/mol. The van der Waals surface area contributed by atoms with Crippen molar-refractivity contribution in [2.24, 2.45) is 0 Å². The summed E-state index contributed by atoms with van der Waals surface area (Å²) in [5, 5.41) is 28.2. The maximum absolute atomic E-state index is 13.5. The Morgan fingerprint density at radius 1 is 0.543 bits per heavy atom. The van der Waals surface area contributed by atoms with Gasteiger partial charge in [0.15, 0.2) is 0 Å². The fraction of sp³-hybridized carbons (Fsp3) is 0. The minimum absolute atomic E-state index is 0. The van der Waals surface area contributed by atoms with Crippen molar-refractivity contribution in [1.29, 1.82) is 0 Å². The zero-order chi connectivity index (χ0) is 31.3. The summed E-state index contributed by atoms with van der Waals surface area (Å²) in [6, 6.07) is 32.8. The number of rotatable bonds is 2. The van der Waals surface area contributed by atoms with Crippen LogP contribution >= 0.6 is 0 Å². The van der Waals surface area contributed by atoms with Crippen molar-refractivity contribution in [3.63, 3.8) is 0 Å². The third-order valence-electron chi connectivity index (χ3n) is 6.30. The van der Waals surface area contributed by atoms with Gasteiger partial charge >= 0.3 is 20.1 Å². The number of hydrogen-bond acceptors (Lipinski definition) is 6. The van der Waals surface area contributed by atoms with Crippen LogP contribution in [-0.4, -0.2) is 35.0 Å². The molecule has 46 heavy (non-hydrogen) atoms. The molecule has 0 aliphatic heterocycles. The molecule has 13 heteroatoms. The number of benzene rings is 5. The number of pyridine rings is 1. The van der Waals surface area contributed by atoms with Crippen LogP contribution in [0.5, 0.6) is 5.75 Å². The van der Waals surface area contributed by atoms with Crippen molar-refractivity contribution in [1.82, 2.24) is 35.0 Å². The molecule has 8 aromatic rings. The molecule has 0 atom stereocenters. The summed E-state index contributed by atoms with van der Waals surface area (Å²) in [4.78, 5) is 6.06. The smallest absolute Gasteiger partial charge is 0.871 e.